The smallest absolute Gasteiger partial charge is 0.303 e. The number of rotatable bonds is 3. The van der Waals surface area contributed by atoms with Crippen molar-refractivity contribution < 1.29 is 14.3 Å². The highest BCUT2D eigenvalue weighted by Crippen LogP contribution is 2.20. The van der Waals surface area contributed by atoms with Crippen molar-refractivity contribution in [3.63, 3.8) is 0 Å². The van der Waals surface area contributed by atoms with Crippen molar-refractivity contribution in [2.75, 3.05) is 0 Å². The van der Waals surface area contributed by atoms with Gasteiger partial charge in [-0.15, -0.1) is 0 Å². The lowest BCUT2D eigenvalue weighted by Gasteiger charge is -1.97. The molecule has 0 fully saturated rings. The minimum absolute atomic E-state index is 0.169. The fourth-order valence-electron chi connectivity index (χ4n) is 1.63. The number of aliphatic carboxylic acids is 1. The van der Waals surface area contributed by atoms with Crippen LogP contribution in [0.15, 0.2) is 28.7 Å². The van der Waals surface area contributed by atoms with Gasteiger partial charge in [-0.25, -0.2) is 0 Å². The van der Waals surface area contributed by atoms with Crippen LogP contribution in [-0.2, 0) is 11.2 Å². The summed E-state index contributed by atoms with van der Waals surface area (Å²) in [6.45, 7) is 1.90. The van der Waals surface area contributed by atoms with Gasteiger partial charge in [0.25, 0.3) is 0 Å². The van der Waals surface area contributed by atoms with Crippen molar-refractivity contribution in [1.82, 2.24) is 0 Å². The summed E-state index contributed by atoms with van der Waals surface area (Å²) in [7, 11) is 0. The highest BCUT2D eigenvalue weighted by atomic mass is 16.4. The maximum absolute atomic E-state index is 10.4. The van der Waals surface area contributed by atoms with Crippen molar-refractivity contribution >= 4 is 16.9 Å². The molecule has 0 amide bonds. The summed E-state index contributed by atoms with van der Waals surface area (Å²) in [6.07, 6.45) is 0.734. The molecule has 2 aromatic rings. The Labute approximate surface area is 87.3 Å². The highest BCUT2D eigenvalue weighted by Gasteiger charge is 2.03. The monoisotopic (exact) mass is 204 g/mol. The lowest BCUT2D eigenvalue weighted by molar-refractivity contribution is -0.136. The van der Waals surface area contributed by atoms with Gasteiger partial charge in [-0.3, -0.25) is 4.79 Å². The third-order valence-electron chi connectivity index (χ3n) is 2.33. The van der Waals surface area contributed by atoms with Gasteiger partial charge < -0.3 is 9.52 Å². The van der Waals surface area contributed by atoms with Crippen LogP contribution in [0.4, 0.5) is 0 Å². The molecule has 3 nitrogen and oxygen atoms in total. The summed E-state index contributed by atoms with van der Waals surface area (Å²) < 4.78 is 5.43. The molecule has 0 saturated carbocycles. The SMILES string of the molecule is Cc1cc2cc(CCC(=O)O)ccc2o1. The standard InChI is InChI=1S/C12H12O3/c1-8-6-10-7-9(3-5-12(13)14)2-4-11(10)15-8/h2,4,6-7H,3,5H2,1H3,(H,13,14). The molecule has 0 unspecified atom stereocenters. The molecule has 1 N–H and O–H groups in total. The fourth-order valence-corrected chi connectivity index (χ4v) is 1.63. The molecule has 0 aliphatic carbocycles. The maximum atomic E-state index is 10.4. The number of hydrogen-bond acceptors (Lipinski definition) is 2. The lowest BCUT2D eigenvalue weighted by Crippen LogP contribution is -1.96. The molecule has 2 rings (SSSR count). The second-order valence-corrected chi connectivity index (χ2v) is 3.62. The molecule has 0 radical (unpaired) electrons. The molecule has 3 heteroatoms. The van der Waals surface area contributed by atoms with E-state index in [1.807, 2.05) is 31.2 Å². The maximum Gasteiger partial charge on any atom is 0.303 e. The summed E-state index contributed by atoms with van der Waals surface area (Å²) in [5.74, 6) is 0.110. The zero-order valence-corrected chi connectivity index (χ0v) is 8.49. The second-order valence-electron chi connectivity index (χ2n) is 3.62. The molecule has 1 aromatic carbocycles. The van der Waals surface area contributed by atoms with E-state index in [0.717, 1.165) is 22.3 Å². The Morgan fingerprint density at radius 1 is 1.40 bits per heavy atom. The van der Waals surface area contributed by atoms with Gasteiger partial charge >= 0.3 is 5.97 Å². The normalized spacial score (nSPS) is 10.7. The van der Waals surface area contributed by atoms with Crippen LogP contribution in [-0.4, -0.2) is 11.1 Å². The molecule has 15 heavy (non-hydrogen) atoms. The molecule has 0 bridgehead atoms. The minimum atomic E-state index is -0.765. The van der Waals surface area contributed by atoms with Gasteiger partial charge in [0.15, 0.2) is 0 Å². The molecule has 0 aliphatic heterocycles. The molecule has 0 saturated heterocycles. The van der Waals surface area contributed by atoms with Crippen LogP contribution in [0.3, 0.4) is 0 Å². The van der Waals surface area contributed by atoms with E-state index in [-0.39, 0.29) is 6.42 Å². The first-order valence-corrected chi connectivity index (χ1v) is 4.86. The number of carboxylic acid groups (broad SMARTS) is 1. The van der Waals surface area contributed by atoms with Crippen LogP contribution in [0.25, 0.3) is 11.0 Å². The van der Waals surface area contributed by atoms with E-state index in [4.69, 9.17) is 9.52 Å². The summed E-state index contributed by atoms with van der Waals surface area (Å²) in [4.78, 5) is 10.4. The predicted octanol–water partition coefficient (Wildman–Crippen LogP) is 2.76. The average Bonchev–Trinajstić information content (AvgIpc) is 2.53. The molecule has 0 atom stereocenters. The number of hydrogen-bond donors (Lipinski definition) is 1. The van der Waals surface area contributed by atoms with Crippen LogP contribution >= 0.6 is 0 Å². The highest BCUT2D eigenvalue weighted by molar-refractivity contribution is 5.78. The van der Waals surface area contributed by atoms with Gasteiger partial charge in [-0.1, -0.05) is 6.07 Å². The van der Waals surface area contributed by atoms with Crippen molar-refractivity contribution in [2.24, 2.45) is 0 Å². The molecule has 1 aromatic heterocycles. The van der Waals surface area contributed by atoms with Gasteiger partial charge in [-0.05, 0) is 37.1 Å². The molecule has 78 valence electrons. The Balaban J connectivity index is 2.26. The first-order chi connectivity index (χ1) is 7.15. The van der Waals surface area contributed by atoms with Crippen LogP contribution in [0.2, 0.25) is 0 Å². The Morgan fingerprint density at radius 2 is 2.20 bits per heavy atom. The van der Waals surface area contributed by atoms with Crippen molar-refractivity contribution in [2.45, 2.75) is 19.8 Å². The molecule has 0 spiro atoms. The first kappa shape index (κ1) is 9.77. The lowest BCUT2D eigenvalue weighted by atomic mass is 10.1. The van der Waals surface area contributed by atoms with Gasteiger partial charge in [0, 0.05) is 11.8 Å². The Kier molecular flexibility index (Phi) is 2.46. The molecule has 0 aliphatic rings. The van der Waals surface area contributed by atoms with Crippen LogP contribution < -0.4 is 0 Å². The summed E-state index contributed by atoms with van der Waals surface area (Å²) in [5.41, 5.74) is 1.89. The van der Waals surface area contributed by atoms with E-state index < -0.39 is 5.97 Å². The van der Waals surface area contributed by atoms with Gasteiger partial charge in [0.05, 0.1) is 0 Å². The van der Waals surface area contributed by atoms with Crippen molar-refractivity contribution in [3.8, 4) is 0 Å². The zero-order chi connectivity index (χ0) is 10.8. The summed E-state index contributed by atoms with van der Waals surface area (Å²) >= 11 is 0. The summed E-state index contributed by atoms with van der Waals surface area (Å²) in [5, 5.41) is 9.61. The van der Waals surface area contributed by atoms with Crippen LogP contribution in [0.5, 0.6) is 0 Å². The van der Waals surface area contributed by atoms with Gasteiger partial charge in [0.1, 0.15) is 11.3 Å². The van der Waals surface area contributed by atoms with E-state index in [1.54, 1.807) is 0 Å². The Hall–Kier alpha value is -1.77. The number of carbonyl (C=O) groups is 1. The molecule has 1 heterocycles. The average molecular weight is 204 g/mol. The largest absolute Gasteiger partial charge is 0.481 e. The number of benzene rings is 1. The van der Waals surface area contributed by atoms with Crippen LogP contribution in [0.1, 0.15) is 17.7 Å². The fraction of sp³-hybridized carbons (Fsp3) is 0.250. The predicted molar refractivity (Wildman–Crippen MR) is 56.9 cm³/mol. The van der Waals surface area contributed by atoms with Crippen LogP contribution in [0, 0.1) is 6.92 Å². The van der Waals surface area contributed by atoms with Gasteiger partial charge in [0.2, 0.25) is 0 Å². The Bertz CT molecular complexity index is 497. The third kappa shape index (κ3) is 2.18. The first-order valence-electron chi connectivity index (χ1n) is 4.86. The number of fused-ring (bicyclic) bond motifs is 1. The van der Waals surface area contributed by atoms with E-state index in [0.29, 0.717) is 6.42 Å². The van der Waals surface area contributed by atoms with E-state index in [1.165, 1.54) is 0 Å². The van der Waals surface area contributed by atoms with E-state index >= 15 is 0 Å². The third-order valence-corrected chi connectivity index (χ3v) is 2.33. The van der Waals surface area contributed by atoms with Gasteiger partial charge in [-0.2, -0.15) is 0 Å². The van der Waals surface area contributed by atoms with E-state index in [9.17, 15) is 4.79 Å². The molecular weight excluding hydrogens is 192 g/mol. The second kappa shape index (κ2) is 3.77. The molecular formula is C12H12O3. The number of furan rings is 1. The Morgan fingerprint density at radius 3 is 2.93 bits per heavy atom. The van der Waals surface area contributed by atoms with Crippen molar-refractivity contribution in [1.29, 1.82) is 0 Å². The quantitative estimate of drug-likeness (QED) is 0.836. The topological polar surface area (TPSA) is 50.4 Å². The summed E-state index contributed by atoms with van der Waals surface area (Å²) in [6, 6.07) is 7.74. The minimum Gasteiger partial charge on any atom is -0.481 e. The number of carboxylic acids is 1. The zero-order valence-electron chi connectivity index (χ0n) is 8.49. The van der Waals surface area contributed by atoms with Crippen molar-refractivity contribution in [3.05, 3.63) is 35.6 Å². The number of aryl methyl sites for hydroxylation is 2. The van der Waals surface area contributed by atoms with E-state index in [2.05, 4.69) is 0 Å².